The summed E-state index contributed by atoms with van der Waals surface area (Å²) in [5.74, 6) is -0.207. The van der Waals surface area contributed by atoms with Gasteiger partial charge in [0.25, 0.3) is 6.43 Å². The lowest BCUT2D eigenvalue weighted by molar-refractivity contribution is -0.160. The molecule has 2 fully saturated rings. The molecule has 1 aromatic carbocycles. The molecule has 1 aliphatic heterocycles. The van der Waals surface area contributed by atoms with E-state index in [0.29, 0.717) is 11.1 Å². The SMILES string of the molecule is O=S(=O)(c1ccc(-c2ccc3nnc(C(F)F)n3c2)cc1)N1CC[C@@H](Nc2ccc(C3(C(F)(F)F)CC3)cn2)[C@@H](O)C1. The fourth-order valence-corrected chi connectivity index (χ4v) is 6.77. The lowest BCUT2D eigenvalue weighted by Gasteiger charge is -2.35. The molecule has 6 rings (SSSR count). The number of pyridine rings is 2. The Kier molecular flexibility index (Phi) is 6.93. The van der Waals surface area contributed by atoms with Crippen molar-refractivity contribution in [2.24, 2.45) is 0 Å². The molecule has 1 saturated carbocycles. The quantitative estimate of drug-likeness (QED) is 0.296. The molecule has 15 heteroatoms. The van der Waals surface area contributed by atoms with Gasteiger partial charge in [0.2, 0.25) is 15.8 Å². The number of hydrogen-bond donors (Lipinski definition) is 2. The number of hydrogen-bond acceptors (Lipinski definition) is 7. The molecule has 0 bridgehead atoms. The number of piperidine rings is 1. The standard InChI is InChI=1S/C27H25F5N6O3S/c28-24(29)25-36-35-23-8-3-17(14-38(23)25)16-1-5-19(6-2-16)42(40,41)37-12-9-20(21(39)15-37)34-22-7-4-18(13-33-22)26(10-11-26)27(30,31)32/h1-8,13-14,20-21,24,39H,9-12,15H2,(H,33,34)/t20-,21+/m1/s1. The van der Waals surface area contributed by atoms with Crippen LogP contribution in [0.3, 0.4) is 0 Å². The van der Waals surface area contributed by atoms with Crippen molar-refractivity contribution in [3.63, 3.8) is 0 Å². The van der Waals surface area contributed by atoms with Crippen LogP contribution in [0.4, 0.5) is 27.8 Å². The van der Waals surface area contributed by atoms with Gasteiger partial charge >= 0.3 is 6.18 Å². The van der Waals surface area contributed by atoms with E-state index in [4.69, 9.17) is 0 Å². The largest absolute Gasteiger partial charge is 0.398 e. The molecule has 1 saturated heterocycles. The van der Waals surface area contributed by atoms with Crippen LogP contribution >= 0.6 is 0 Å². The number of anilines is 1. The van der Waals surface area contributed by atoms with Crippen molar-refractivity contribution in [2.75, 3.05) is 18.4 Å². The average molecular weight is 609 g/mol. The van der Waals surface area contributed by atoms with Gasteiger partial charge < -0.3 is 10.4 Å². The highest BCUT2D eigenvalue weighted by Crippen LogP contribution is 2.58. The van der Waals surface area contributed by atoms with E-state index in [9.17, 15) is 35.5 Å². The number of alkyl halides is 5. The van der Waals surface area contributed by atoms with Gasteiger partial charge in [-0.1, -0.05) is 18.2 Å². The van der Waals surface area contributed by atoms with Crippen LogP contribution in [0.25, 0.3) is 16.8 Å². The molecule has 2 N–H and O–H groups in total. The summed E-state index contributed by atoms with van der Waals surface area (Å²) in [6.45, 7) is -0.105. The molecule has 3 aromatic heterocycles. The highest BCUT2D eigenvalue weighted by atomic mass is 32.2. The van der Waals surface area contributed by atoms with Gasteiger partial charge in [0, 0.05) is 25.5 Å². The van der Waals surface area contributed by atoms with Crippen LogP contribution in [0.2, 0.25) is 0 Å². The van der Waals surface area contributed by atoms with Crippen LogP contribution < -0.4 is 5.32 Å². The minimum atomic E-state index is -4.34. The van der Waals surface area contributed by atoms with E-state index in [1.54, 1.807) is 18.2 Å². The van der Waals surface area contributed by atoms with E-state index in [1.165, 1.54) is 51.4 Å². The van der Waals surface area contributed by atoms with Gasteiger partial charge in [-0.15, -0.1) is 10.2 Å². The number of nitrogens with one attached hydrogen (secondary N) is 1. The van der Waals surface area contributed by atoms with Gasteiger partial charge in [-0.3, -0.25) is 4.40 Å². The Balaban J connectivity index is 1.11. The summed E-state index contributed by atoms with van der Waals surface area (Å²) in [7, 11) is -3.96. The molecule has 1 aliphatic carbocycles. The Morgan fingerprint density at radius 3 is 2.31 bits per heavy atom. The molecule has 2 aliphatic rings. The Morgan fingerprint density at radius 2 is 1.71 bits per heavy atom. The monoisotopic (exact) mass is 608 g/mol. The van der Waals surface area contributed by atoms with Crippen molar-refractivity contribution in [3.8, 4) is 11.1 Å². The van der Waals surface area contributed by atoms with E-state index in [0.717, 1.165) is 0 Å². The molecule has 4 aromatic rings. The fourth-order valence-electron chi connectivity index (χ4n) is 5.30. The number of nitrogens with zero attached hydrogens (tertiary/aromatic N) is 5. The summed E-state index contributed by atoms with van der Waals surface area (Å²) in [6, 6.07) is 11.4. The number of rotatable bonds is 7. The number of aliphatic hydroxyl groups is 1. The number of aromatic nitrogens is 4. The molecule has 2 atom stereocenters. The fraction of sp³-hybridized carbons (Fsp3) is 0.370. The Labute approximate surface area is 237 Å². The summed E-state index contributed by atoms with van der Waals surface area (Å²) in [4.78, 5) is 4.10. The molecule has 42 heavy (non-hydrogen) atoms. The van der Waals surface area contributed by atoms with Crippen molar-refractivity contribution in [2.45, 2.75) is 54.3 Å². The van der Waals surface area contributed by atoms with E-state index in [1.807, 2.05) is 0 Å². The topological polar surface area (TPSA) is 113 Å². The third kappa shape index (κ3) is 4.98. The Hall–Kier alpha value is -3.69. The maximum Gasteiger partial charge on any atom is 0.398 e. The summed E-state index contributed by atoms with van der Waals surface area (Å²) >= 11 is 0. The second-order valence-corrected chi connectivity index (χ2v) is 12.4. The van der Waals surface area contributed by atoms with Crippen molar-refractivity contribution in [1.82, 2.24) is 23.9 Å². The zero-order chi connectivity index (χ0) is 29.9. The molecular formula is C27H25F5N6O3S. The Morgan fingerprint density at radius 1 is 1.00 bits per heavy atom. The molecule has 222 valence electrons. The smallest absolute Gasteiger partial charge is 0.390 e. The number of benzene rings is 1. The van der Waals surface area contributed by atoms with Gasteiger partial charge in [-0.05, 0) is 66.3 Å². The van der Waals surface area contributed by atoms with Crippen molar-refractivity contribution < 1.29 is 35.5 Å². The summed E-state index contributed by atoms with van der Waals surface area (Å²) in [6.07, 6.45) is -5.31. The molecule has 0 unspecified atom stereocenters. The minimum Gasteiger partial charge on any atom is -0.390 e. The molecule has 0 spiro atoms. The van der Waals surface area contributed by atoms with E-state index < -0.39 is 46.0 Å². The van der Waals surface area contributed by atoms with Gasteiger partial charge in [0.1, 0.15) is 5.82 Å². The highest BCUT2D eigenvalue weighted by molar-refractivity contribution is 7.89. The summed E-state index contributed by atoms with van der Waals surface area (Å²) < 4.78 is 95.6. The predicted molar refractivity (Wildman–Crippen MR) is 141 cm³/mol. The predicted octanol–water partition coefficient (Wildman–Crippen LogP) is 4.56. The molecule has 9 nitrogen and oxygen atoms in total. The molecule has 4 heterocycles. The first-order chi connectivity index (χ1) is 19.9. The van der Waals surface area contributed by atoms with Crippen LogP contribution in [0.1, 0.15) is 37.1 Å². The number of halogens is 5. The maximum absolute atomic E-state index is 13.4. The summed E-state index contributed by atoms with van der Waals surface area (Å²) in [5, 5.41) is 20.9. The lowest BCUT2D eigenvalue weighted by Crippen LogP contribution is -2.51. The third-order valence-electron chi connectivity index (χ3n) is 7.94. The van der Waals surface area contributed by atoms with E-state index >= 15 is 0 Å². The van der Waals surface area contributed by atoms with Crippen molar-refractivity contribution in [1.29, 1.82) is 0 Å². The first-order valence-corrected chi connectivity index (χ1v) is 14.5. The Bertz CT molecular complexity index is 1710. The zero-order valence-corrected chi connectivity index (χ0v) is 22.7. The average Bonchev–Trinajstić information content (AvgIpc) is 3.68. The molecule has 0 radical (unpaired) electrons. The van der Waals surface area contributed by atoms with Crippen LogP contribution in [0.15, 0.2) is 65.8 Å². The van der Waals surface area contributed by atoms with Crippen LogP contribution in [-0.2, 0) is 15.4 Å². The summed E-state index contributed by atoms with van der Waals surface area (Å²) in [5.41, 5.74) is -0.327. The van der Waals surface area contributed by atoms with Crippen molar-refractivity contribution >= 4 is 21.5 Å². The highest BCUT2D eigenvalue weighted by Gasteiger charge is 2.64. The van der Waals surface area contributed by atoms with Crippen molar-refractivity contribution in [3.05, 3.63) is 72.3 Å². The van der Waals surface area contributed by atoms with Gasteiger partial charge in [-0.2, -0.15) is 17.5 Å². The number of fused-ring (bicyclic) bond motifs is 1. The first-order valence-electron chi connectivity index (χ1n) is 13.1. The van der Waals surface area contributed by atoms with Gasteiger partial charge in [0.15, 0.2) is 5.65 Å². The van der Waals surface area contributed by atoms with Crippen LogP contribution in [0.5, 0.6) is 0 Å². The molecule has 0 amide bonds. The zero-order valence-electron chi connectivity index (χ0n) is 21.8. The second kappa shape index (κ2) is 10.2. The number of β-amino-alcohol motifs (C(OH)–C–C–N with tert-alkyl or cyclic N) is 1. The van der Waals surface area contributed by atoms with Gasteiger partial charge in [0.05, 0.1) is 22.5 Å². The van der Waals surface area contributed by atoms with Gasteiger partial charge in [-0.25, -0.2) is 22.2 Å². The number of aliphatic hydroxyl groups excluding tert-OH is 1. The van der Waals surface area contributed by atoms with Crippen LogP contribution in [-0.4, -0.2) is 68.8 Å². The van der Waals surface area contributed by atoms with Crippen LogP contribution in [0, 0.1) is 0 Å². The lowest BCUT2D eigenvalue weighted by atomic mass is 9.97. The normalized spacial score (nSPS) is 21.1. The molecular weight excluding hydrogens is 583 g/mol. The third-order valence-corrected chi connectivity index (χ3v) is 9.82. The first kappa shape index (κ1) is 28.4. The second-order valence-electron chi connectivity index (χ2n) is 10.5. The minimum absolute atomic E-state index is 0.000528. The number of sulfonamides is 1. The maximum atomic E-state index is 13.4. The van der Waals surface area contributed by atoms with E-state index in [-0.39, 0.29) is 54.3 Å². The van der Waals surface area contributed by atoms with E-state index in [2.05, 4.69) is 20.5 Å².